The van der Waals surface area contributed by atoms with E-state index in [4.69, 9.17) is 9.47 Å². The van der Waals surface area contributed by atoms with Crippen molar-refractivity contribution in [3.8, 4) is 11.5 Å². The zero-order valence-electron chi connectivity index (χ0n) is 15.2. The Morgan fingerprint density at radius 1 is 1.07 bits per heavy atom. The molecule has 28 heavy (non-hydrogen) atoms. The molecule has 3 rings (SSSR count). The Kier molecular flexibility index (Phi) is 6.00. The van der Waals surface area contributed by atoms with Crippen molar-refractivity contribution in [2.45, 2.75) is 6.61 Å². The number of hydrogen-bond donors (Lipinski definition) is 1. The van der Waals surface area contributed by atoms with Gasteiger partial charge in [-0.1, -0.05) is 18.2 Å². The molecule has 1 aliphatic heterocycles. The number of imide groups is 1. The summed E-state index contributed by atoms with van der Waals surface area (Å²) in [6, 6.07) is 12.1. The average Bonchev–Trinajstić information content (AvgIpc) is 3.03. The molecular weight excluding hydrogens is 382 g/mol. The fourth-order valence-electron chi connectivity index (χ4n) is 2.48. The van der Waals surface area contributed by atoms with Gasteiger partial charge >= 0.3 is 5.97 Å². The van der Waals surface area contributed by atoms with Crippen LogP contribution in [0.4, 0.5) is 4.79 Å². The fraction of sp³-hybridized carbons (Fsp3) is 0.150. The first kappa shape index (κ1) is 19.5. The smallest absolute Gasteiger partial charge is 0.337 e. The van der Waals surface area contributed by atoms with Gasteiger partial charge in [0.15, 0.2) is 11.5 Å². The lowest BCUT2D eigenvalue weighted by atomic mass is 10.1. The van der Waals surface area contributed by atoms with Crippen molar-refractivity contribution in [3.05, 3.63) is 64.1 Å². The number of thioether (sulfide) groups is 1. The number of esters is 1. The van der Waals surface area contributed by atoms with E-state index in [0.717, 1.165) is 17.3 Å². The number of nitrogens with one attached hydrogen (secondary N) is 1. The van der Waals surface area contributed by atoms with Crippen LogP contribution in [0, 0.1) is 0 Å². The Morgan fingerprint density at radius 3 is 2.43 bits per heavy atom. The van der Waals surface area contributed by atoms with Crippen LogP contribution in [0.2, 0.25) is 0 Å². The zero-order valence-corrected chi connectivity index (χ0v) is 16.0. The van der Waals surface area contributed by atoms with E-state index in [-0.39, 0.29) is 11.8 Å². The largest absolute Gasteiger partial charge is 0.493 e. The van der Waals surface area contributed by atoms with Crippen LogP contribution >= 0.6 is 11.8 Å². The van der Waals surface area contributed by atoms with Gasteiger partial charge in [-0.3, -0.25) is 14.9 Å². The Hall–Kier alpha value is -3.26. The van der Waals surface area contributed by atoms with Crippen molar-refractivity contribution >= 4 is 35.0 Å². The molecule has 1 aliphatic rings. The molecule has 7 nitrogen and oxygen atoms in total. The number of rotatable bonds is 6. The third-order valence-electron chi connectivity index (χ3n) is 3.90. The molecule has 0 aliphatic carbocycles. The van der Waals surface area contributed by atoms with E-state index in [1.807, 2.05) is 0 Å². The molecule has 0 spiro atoms. The van der Waals surface area contributed by atoms with E-state index in [9.17, 15) is 14.4 Å². The van der Waals surface area contributed by atoms with Gasteiger partial charge in [0, 0.05) is 0 Å². The second kappa shape index (κ2) is 8.62. The van der Waals surface area contributed by atoms with Gasteiger partial charge in [-0.15, -0.1) is 0 Å². The van der Waals surface area contributed by atoms with E-state index in [1.54, 1.807) is 48.5 Å². The van der Waals surface area contributed by atoms with E-state index in [1.165, 1.54) is 14.2 Å². The summed E-state index contributed by atoms with van der Waals surface area (Å²) in [7, 11) is 2.85. The summed E-state index contributed by atoms with van der Waals surface area (Å²) in [5.74, 6) is 0.218. The second-order valence-corrected chi connectivity index (χ2v) is 6.75. The van der Waals surface area contributed by atoms with Crippen molar-refractivity contribution in [2.24, 2.45) is 0 Å². The fourth-order valence-corrected chi connectivity index (χ4v) is 3.16. The number of hydrogen-bond acceptors (Lipinski definition) is 7. The third-order valence-corrected chi connectivity index (χ3v) is 4.71. The summed E-state index contributed by atoms with van der Waals surface area (Å²) in [5, 5.41) is 1.82. The highest BCUT2D eigenvalue weighted by molar-refractivity contribution is 8.18. The molecule has 8 heteroatoms. The quantitative estimate of drug-likeness (QED) is 0.588. The van der Waals surface area contributed by atoms with Crippen molar-refractivity contribution in [1.29, 1.82) is 0 Å². The molecule has 1 heterocycles. The molecule has 2 aromatic rings. The molecule has 0 unspecified atom stereocenters. The summed E-state index contributed by atoms with van der Waals surface area (Å²) >= 11 is 0.855. The van der Waals surface area contributed by atoms with Crippen molar-refractivity contribution < 1.29 is 28.6 Å². The first-order chi connectivity index (χ1) is 13.5. The maximum absolute atomic E-state index is 11.6. The minimum absolute atomic E-state index is 0.283. The van der Waals surface area contributed by atoms with Gasteiger partial charge in [0.1, 0.15) is 6.61 Å². The molecule has 1 saturated heterocycles. The molecular formula is C20H17NO6S. The Labute approximate surface area is 165 Å². The first-order valence-corrected chi connectivity index (χ1v) is 9.04. The standard InChI is InChI=1S/C20H17NO6S/c1-25-16-9-13(10-17-18(22)21-20(24)28-17)5-8-15(16)27-11-12-3-6-14(7-4-12)19(23)26-2/h3-10H,11H2,1-2H3,(H,21,22,24)/b17-10-. The number of methoxy groups -OCH3 is 2. The molecule has 0 aromatic heterocycles. The van der Waals surface area contributed by atoms with Crippen LogP contribution in [0.3, 0.4) is 0 Å². The molecule has 0 bridgehead atoms. The van der Waals surface area contributed by atoms with Gasteiger partial charge in [-0.05, 0) is 53.2 Å². The van der Waals surface area contributed by atoms with Gasteiger partial charge in [0.2, 0.25) is 0 Å². The van der Waals surface area contributed by atoms with Crippen molar-refractivity contribution in [2.75, 3.05) is 14.2 Å². The highest BCUT2D eigenvalue weighted by Crippen LogP contribution is 2.32. The second-order valence-electron chi connectivity index (χ2n) is 5.74. The zero-order chi connectivity index (χ0) is 20.1. The number of benzene rings is 2. The monoisotopic (exact) mass is 399 g/mol. The minimum atomic E-state index is -0.412. The van der Waals surface area contributed by atoms with Crippen molar-refractivity contribution in [1.82, 2.24) is 5.32 Å². The maximum atomic E-state index is 11.6. The van der Waals surface area contributed by atoms with E-state index in [2.05, 4.69) is 10.1 Å². The summed E-state index contributed by atoms with van der Waals surface area (Å²) in [6.07, 6.45) is 1.61. The molecule has 0 radical (unpaired) electrons. The first-order valence-electron chi connectivity index (χ1n) is 8.23. The molecule has 1 fully saturated rings. The van der Waals surface area contributed by atoms with Crippen LogP contribution in [-0.2, 0) is 16.1 Å². The lowest BCUT2D eigenvalue weighted by Gasteiger charge is -2.12. The normalized spacial score (nSPS) is 14.7. The van der Waals surface area contributed by atoms with Crippen LogP contribution in [0.5, 0.6) is 11.5 Å². The maximum Gasteiger partial charge on any atom is 0.337 e. The molecule has 2 aromatic carbocycles. The Bertz CT molecular complexity index is 952. The van der Waals surface area contributed by atoms with Crippen LogP contribution in [0.15, 0.2) is 47.4 Å². The summed E-state index contributed by atoms with van der Waals surface area (Å²) in [6.45, 7) is 0.283. The van der Waals surface area contributed by atoms with Gasteiger partial charge in [-0.2, -0.15) is 0 Å². The Balaban J connectivity index is 1.71. The van der Waals surface area contributed by atoms with Crippen LogP contribution in [-0.4, -0.2) is 31.3 Å². The number of amides is 2. The van der Waals surface area contributed by atoms with E-state index >= 15 is 0 Å². The predicted octanol–water partition coefficient (Wildman–Crippen LogP) is 3.38. The molecule has 1 N–H and O–H groups in total. The average molecular weight is 399 g/mol. The third kappa shape index (κ3) is 4.52. The minimum Gasteiger partial charge on any atom is -0.493 e. The molecule has 2 amide bonds. The Morgan fingerprint density at radius 2 is 1.82 bits per heavy atom. The van der Waals surface area contributed by atoms with Gasteiger partial charge in [0.05, 0.1) is 24.7 Å². The molecule has 144 valence electrons. The summed E-state index contributed by atoms with van der Waals surface area (Å²) < 4.78 is 15.8. The van der Waals surface area contributed by atoms with Crippen LogP contribution in [0.25, 0.3) is 6.08 Å². The van der Waals surface area contributed by atoms with Gasteiger partial charge in [0.25, 0.3) is 11.1 Å². The summed E-state index contributed by atoms with van der Waals surface area (Å²) in [5.41, 5.74) is 2.05. The summed E-state index contributed by atoms with van der Waals surface area (Å²) in [4.78, 5) is 34.7. The lowest BCUT2D eigenvalue weighted by molar-refractivity contribution is -0.115. The highest BCUT2D eigenvalue weighted by atomic mass is 32.2. The van der Waals surface area contributed by atoms with Gasteiger partial charge in [-0.25, -0.2) is 4.79 Å². The molecule has 0 atom stereocenters. The highest BCUT2D eigenvalue weighted by Gasteiger charge is 2.25. The predicted molar refractivity (Wildman–Crippen MR) is 104 cm³/mol. The van der Waals surface area contributed by atoms with Crippen LogP contribution in [0.1, 0.15) is 21.5 Å². The van der Waals surface area contributed by atoms with Crippen LogP contribution < -0.4 is 14.8 Å². The number of carbonyl (C=O) groups excluding carboxylic acids is 3. The van der Waals surface area contributed by atoms with E-state index in [0.29, 0.717) is 27.5 Å². The van der Waals surface area contributed by atoms with Crippen molar-refractivity contribution in [3.63, 3.8) is 0 Å². The molecule has 0 saturated carbocycles. The number of carbonyl (C=O) groups is 3. The number of ether oxygens (including phenoxy) is 3. The topological polar surface area (TPSA) is 90.9 Å². The SMILES string of the molecule is COC(=O)c1ccc(COc2ccc(/C=C3\SC(=O)NC3=O)cc2OC)cc1. The van der Waals surface area contributed by atoms with E-state index < -0.39 is 11.9 Å². The lowest BCUT2D eigenvalue weighted by Crippen LogP contribution is -2.17. The van der Waals surface area contributed by atoms with Gasteiger partial charge < -0.3 is 14.2 Å².